The van der Waals surface area contributed by atoms with E-state index in [4.69, 9.17) is 17.0 Å². The molecular formula is C17H18N4O3S2. The summed E-state index contributed by atoms with van der Waals surface area (Å²) in [5.74, 6) is 0.154. The van der Waals surface area contributed by atoms with Gasteiger partial charge in [-0.1, -0.05) is 18.2 Å². The van der Waals surface area contributed by atoms with Gasteiger partial charge in [-0.3, -0.25) is 10.2 Å². The molecule has 9 heteroatoms. The molecule has 1 aromatic heterocycles. The number of carbonyl (C=O) groups is 2. The van der Waals surface area contributed by atoms with Crippen LogP contribution in [-0.2, 0) is 16.9 Å². The Bertz CT molecular complexity index is 840. The Hall–Kier alpha value is -2.65. The summed E-state index contributed by atoms with van der Waals surface area (Å²) in [6.45, 7) is 2.16. The number of thiophene rings is 1. The molecule has 3 amide bonds. The minimum Gasteiger partial charge on any atom is -0.497 e. The highest BCUT2D eigenvalue weighted by Gasteiger charge is 2.49. The lowest BCUT2D eigenvalue weighted by molar-refractivity contribution is -0.132. The molecule has 0 aliphatic carbocycles. The maximum atomic E-state index is 12.9. The summed E-state index contributed by atoms with van der Waals surface area (Å²) in [5.41, 5.74) is 2.08. The molecule has 3 N–H and O–H groups in total. The monoisotopic (exact) mass is 390 g/mol. The topological polar surface area (TPSA) is 82.7 Å². The van der Waals surface area contributed by atoms with Gasteiger partial charge in [0.15, 0.2) is 5.11 Å². The molecule has 1 fully saturated rings. The number of benzene rings is 1. The van der Waals surface area contributed by atoms with Gasteiger partial charge in [0.2, 0.25) is 0 Å². The Morgan fingerprint density at radius 1 is 1.35 bits per heavy atom. The fourth-order valence-corrected chi connectivity index (χ4v) is 3.40. The molecule has 1 atom stereocenters. The van der Waals surface area contributed by atoms with Crippen LogP contribution in [0.5, 0.6) is 5.75 Å². The zero-order valence-corrected chi connectivity index (χ0v) is 15.9. The molecule has 1 aliphatic rings. The van der Waals surface area contributed by atoms with E-state index in [0.717, 1.165) is 9.89 Å². The van der Waals surface area contributed by atoms with Crippen LogP contribution >= 0.6 is 23.6 Å². The lowest BCUT2D eigenvalue weighted by Gasteiger charge is -2.23. The van der Waals surface area contributed by atoms with Gasteiger partial charge >= 0.3 is 6.03 Å². The molecule has 1 unspecified atom stereocenters. The van der Waals surface area contributed by atoms with Gasteiger partial charge < -0.3 is 15.4 Å². The molecule has 0 spiro atoms. The van der Waals surface area contributed by atoms with Crippen molar-refractivity contribution in [2.45, 2.75) is 19.0 Å². The van der Waals surface area contributed by atoms with E-state index in [1.165, 1.54) is 0 Å². The normalized spacial score (nSPS) is 19.2. The minimum absolute atomic E-state index is 0.191. The lowest BCUT2D eigenvalue weighted by atomic mass is 9.92. The number of nitrogens with zero attached hydrogens (tertiary/aromatic N) is 1. The van der Waals surface area contributed by atoms with E-state index in [2.05, 4.69) is 16.1 Å². The van der Waals surface area contributed by atoms with E-state index >= 15 is 0 Å². The van der Waals surface area contributed by atoms with E-state index in [9.17, 15) is 9.59 Å². The predicted molar refractivity (Wildman–Crippen MR) is 103 cm³/mol. The number of thiocarbonyl (C=S) groups is 1. The van der Waals surface area contributed by atoms with Gasteiger partial charge in [0, 0.05) is 4.88 Å². The van der Waals surface area contributed by atoms with Crippen LogP contribution in [0.4, 0.5) is 4.79 Å². The maximum Gasteiger partial charge on any atom is 0.344 e. The standard InChI is InChI=1S/C17H18N4O3S2/c1-17(11-5-3-6-12(9-11)24-2)14(22)21(16(23)19-17)20-15(25)18-10-13-7-4-8-26-13/h3-9H,10H2,1-2H3,(H,19,23)(H2,18,20,25). The number of amides is 3. The first-order chi connectivity index (χ1) is 12.4. The molecule has 7 nitrogen and oxygen atoms in total. The number of nitrogens with one attached hydrogen (secondary N) is 3. The summed E-state index contributed by atoms with van der Waals surface area (Å²) in [5, 5.41) is 8.73. The predicted octanol–water partition coefficient (Wildman–Crippen LogP) is 2.10. The van der Waals surface area contributed by atoms with Crippen LogP contribution in [0.25, 0.3) is 0 Å². The van der Waals surface area contributed by atoms with Crippen molar-refractivity contribution in [2.24, 2.45) is 0 Å². The summed E-state index contributed by atoms with van der Waals surface area (Å²) in [6, 6.07) is 10.4. The number of ether oxygens (including phenoxy) is 1. The van der Waals surface area contributed by atoms with E-state index in [1.54, 1.807) is 49.6 Å². The molecule has 2 aromatic rings. The van der Waals surface area contributed by atoms with Crippen LogP contribution in [-0.4, -0.2) is 29.2 Å². The van der Waals surface area contributed by atoms with Crippen molar-refractivity contribution < 1.29 is 14.3 Å². The summed E-state index contributed by atoms with van der Waals surface area (Å²) in [4.78, 5) is 26.3. The second kappa shape index (κ2) is 7.30. The Morgan fingerprint density at radius 2 is 2.15 bits per heavy atom. The van der Waals surface area contributed by atoms with Crippen molar-refractivity contribution >= 4 is 40.6 Å². The summed E-state index contributed by atoms with van der Waals surface area (Å²) < 4.78 is 5.20. The van der Waals surface area contributed by atoms with Gasteiger partial charge in [0.05, 0.1) is 13.7 Å². The van der Waals surface area contributed by atoms with Crippen molar-refractivity contribution in [1.82, 2.24) is 21.1 Å². The number of carbonyl (C=O) groups excluding carboxylic acids is 2. The van der Waals surface area contributed by atoms with Gasteiger partial charge in [-0.15, -0.1) is 11.3 Å². The highest BCUT2D eigenvalue weighted by Crippen LogP contribution is 2.30. The number of methoxy groups -OCH3 is 1. The third-order valence-electron chi connectivity index (χ3n) is 4.05. The van der Waals surface area contributed by atoms with Gasteiger partial charge in [0.1, 0.15) is 11.3 Å². The van der Waals surface area contributed by atoms with Crippen LogP contribution in [0.2, 0.25) is 0 Å². The van der Waals surface area contributed by atoms with Crippen LogP contribution in [0.15, 0.2) is 41.8 Å². The van der Waals surface area contributed by atoms with Gasteiger partial charge in [-0.2, -0.15) is 5.01 Å². The molecule has 0 radical (unpaired) electrons. The zero-order valence-electron chi connectivity index (χ0n) is 14.2. The average Bonchev–Trinajstić information content (AvgIpc) is 3.23. The van der Waals surface area contributed by atoms with Gasteiger partial charge in [-0.25, -0.2) is 4.79 Å². The second-order valence-electron chi connectivity index (χ2n) is 5.80. The first-order valence-corrected chi connectivity index (χ1v) is 9.11. The van der Waals surface area contributed by atoms with Crippen LogP contribution in [0, 0.1) is 0 Å². The number of hydrogen-bond donors (Lipinski definition) is 3. The third kappa shape index (κ3) is 3.49. The van der Waals surface area contributed by atoms with Crippen molar-refractivity contribution in [3.8, 4) is 5.75 Å². The molecule has 1 aromatic carbocycles. The smallest absolute Gasteiger partial charge is 0.344 e. The molecule has 2 heterocycles. The fourth-order valence-electron chi connectivity index (χ4n) is 2.59. The van der Waals surface area contributed by atoms with Crippen LogP contribution < -0.4 is 20.8 Å². The molecule has 0 saturated carbocycles. The zero-order chi connectivity index (χ0) is 18.7. The maximum absolute atomic E-state index is 12.9. The van der Waals surface area contributed by atoms with Gasteiger partial charge in [0.25, 0.3) is 5.91 Å². The van der Waals surface area contributed by atoms with Crippen molar-refractivity contribution in [3.63, 3.8) is 0 Å². The number of hydrazine groups is 1. The Kier molecular flexibility index (Phi) is 5.10. The van der Waals surface area contributed by atoms with Crippen LogP contribution in [0.1, 0.15) is 17.4 Å². The fraction of sp³-hybridized carbons (Fsp3) is 0.235. The lowest BCUT2D eigenvalue weighted by Crippen LogP contribution is -2.51. The summed E-state index contributed by atoms with van der Waals surface area (Å²) in [6.07, 6.45) is 0. The second-order valence-corrected chi connectivity index (χ2v) is 7.24. The molecular weight excluding hydrogens is 372 g/mol. The number of rotatable bonds is 5. The van der Waals surface area contributed by atoms with Crippen molar-refractivity contribution in [3.05, 3.63) is 52.2 Å². The molecule has 1 saturated heterocycles. The highest BCUT2D eigenvalue weighted by atomic mass is 32.1. The first-order valence-electron chi connectivity index (χ1n) is 7.82. The van der Waals surface area contributed by atoms with E-state index in [-0.39, 0.29) is 5.11 Å². The summed E-state index contributed by atoms with van der Waals surface area (Å²) >= 11 is 6.78. The number of urea groups is 1. The Morgan fingerprint density at radius 3 is 2.85 bits per heavy atom. The van der Waals surface area contributed by atoms with Crippen molar-refractivity contribution in [1.29, 1.82) is 0 Å². The quantitative estimate of drug-likeness (QED) is 0.536. The Balaban J connectivity index is 1.70. The minimum atomic E-state index is -1.21. The first kappa shape index (κ1) is 18.2. The number of imide groups is 1. The molecule has 26 heavy (non-hydrogen) atoms. The van der Waals surface area contributed by atoms with Crippen molar-refractivity contribution in [2.75, 3.05) is 7.11 Å². The van der Waals surface area contributed by atoms with Gasteiger partial charge in [-0.05, 0) is 48.3 Å². The molecule has 3 rings (SSSR count). The molecule has 0 bridgehead atoms. The molecule has 136 valence electrons. The Labute approximate surface area is 160 Å². The van der Waals surface area contributed by atoms with Crippen LogP contribution in [0.3, 0.4) is 0 Å². The SMILES string of the molecule is COc1cccc(C2(C)NC(=O)N(NC(=S)NCc3cccs3)C2=O)c1. The number of hydrogen-bond acceptors (Lipinski definition) is 5. The average molecular weight is 390 g/mol. The largest absolute Gasteiger partial charge is 0.497 e. The van der Waals surface area contributed by atoms with E-state index in [0.29, 0.717) is 17.9 Å². The third-order valence-corrected chi connectivity index (χ3v) is 5.17. The van der Waals surface area contributed by atoms with E-state index < -0.39 is 17.5 Å². The molecule has 1 aliphatic heterocycles. The highest BCUT2D eigenvalue weighted by molar-refractivity contribution is 7.80. The summed E-state index contributed by atoms with van der Waals surface area (Å²) in [7, 11) is 1.54. The van der Waals surface area contributed by atoms with E-state index in [1.807, 2.05) is 17.5 Å².